The van der Waals surface area contributed by atoms with Crippen molar-refractivity contribution in [1.29, 1.82) is 0 Å². The van der Waals surface area contributed by atoms with E-state index in [2.05, 4.69) is 34.8 Å². The van der Waals surface area contributed by atoms with Gasteiger partial charge in [-0.25, -0.2) is 4.79 Å². The smallest absolute Gasteiger partial charge is 0.341 e. The van der Waals surface area contributed by atoms with E-state index in [1.165, 1.54) is 5.52 Å². The Morgan fingerprint density at radius 1 is 1.23 bits per heavy atom. The highest BCUT2D eigenvalue weighted by Crippen LogP contribution is 2.38. The molecule has 0 fully saturated rings. The van der Waals surface area contributed by atoms with Crippen LogP contribution in [-0.4, -0.2) is 15.5 Å². The van der Waals surface area contributed by atoms with Gasteiger partial charge in [-0.05, 0) is 24.6 Å². The number of esters is 1. The van der Waals surface area contributed by atoms with Crippen molar-refractivity contribution in [2.45, 2.75) is 26.0 Å². The number of fused-ring (bicyclic) bond motifs is 2. The Hall–Kier alpha value is -2.62. The number of para-hydroxylation sites is 1. The zero-order chi connectivity index (χ0) is 15.1. The zero-order valence-electron chi connectivity index (χ0n) is 12.3. The van der Waals surface area contributed by atoms with Crippen LogP contribution in [0.1, 0.15) is 41.1 Å². The van der Waals surface area contributed by atoms with Crippen molar-refractivity contribution in [3.05, 3.63) is 65.6 Å². The van der Waals surface area contributed by atoms with Crippen molar-refractivity contribution in [2.24, 2.45) is 0 Å². The van der Waals surface area contributed by atoms with Crippen LogP contribution in [0.4, 0.5) is 0 Å². The molecule has 22 heavy (non-hydrogen) atoms. The first-order valence-electron chi connectivity index (χ1n) is 7.53. The third-order valence-corrected chi connectivity index (χ3v) is 4.10. The molecule has 3 heterocycles. The second kappa shape index (κ2) is 4.98. The first-order chi connectivity index (χ1) is 10.8. The van der Waals surface area contributed by atoms with Crippen LogP contribution < -0.4 is 0 Å². The molecular formula is C18H16N2O2. The van der Waals surface area contributed by atoms with Gasteiger partial charge < -0.3 is 9.30 Å². The highest BCUT2D eigenvalue weighted by atomic mass is 16.5. The summed E-state index contributed by atoms with van der Waals surface area (Å²) in [6.07, 6.45) is 4.44. The number of carbonyl (C=O) groups excluding carboxylic acids is 1. The summed E-state index contributed by atoms with van der Waals surface area (Å²) in [5.74, 6) is -0.291. The van der Waals surface area contributed by atoms with E-state index in [0.717, 1.165) is 23.9 Å². The summed E-state index contributed by atoms with van der Waals surface area (Å²) in [7, 11) is 0. The number of carbonyl (C=O) groups is 1. The molecule has 4 nitrogen and oxygen atoms in total. The molecule has 110 valence electrons. The van der Waals surface area contributed by atoms with Gasteiger partial charge in [0, 0.05) is 35.4 Å². The molecule has 0 aliphatic carbocycles. The van der Waals surface area contributed by atoms with Gasteiger partial charge in [-0.1, -0.05) is 25.1 Å². The molecule has 0 amide bonds. The second-order valence-electron chi connectivity index (χ2n) is 5.52. The normalized spacial score (nSPS) is 16.8. The average Bonchev–Trinajstić information content (AvgIpc) is 3.07. The average molecular weight is 292 g/mol. The molecule has 1 aliphatic rings. The molecule has 0 saturated carbocycles. The van der Waals surface area contributed by atoms with Gasteiger partial charge in [0.2, 0.25) is 0 Å². The van der Waals surface area contributed by atoms with Crippen LogP contribution in [0.25, 0.3) is 10.9 Å². The van der Waals surface area contributed by atoms with Gasteiger partial charge >= 0.3 is 5.97 Å². The monoisotopic (exact) mass is 292 g/mol. The number of nitrogens with zero attached hydrogens (tertiary/aromatic N) is 2. The van der Waals surface area contributed by atoms with Gasteiger partial charge in [0.05, 0.1) is 5.56 Å². The third-order valence-electron chi connectivity index (χ3n) is 4.10. The van der Waals surface area contributed by atoms with E-state index in [-0.39, 0.29) is 5.97 Å². The molecule has 0 radical (unpaired) electrons. The van der Waals surface area contributed by atoms with E-state index < -0.39 is 6.10 Å². The fraction of sp³-hybridized carbons (Fsp3) is 0.222. The van der Waals surface area contributed by atoms with Crippen LogP contribution in [-0.2, 0) is 11.3 Å². The minimum Gasteiger partial charge on any atom is -0.447 e. The number of cyclic esters (lactones) is 1. The largest absolute Gasteiger partial charge is 0.447 e. The van der Waals surface area contributed by atoms with Crippen molar-refractivity contribution in [1.82, 2.24) is 9.55 Å². The van der Waals surface area contributed by atoms with E-state index in [4.69, 9.17) is 4.74 Å². The second-order valence-corrected chi connectivity index (χ2v) is 5.52. The molecule has 3 aromatic rings. The summed E-state index contributed by atoms with van der Waals surface area (Å²) in [4.78, 5) is 16.4. The van der Waals surface area contributed by atoms with Gasteiger partial charge in [0.25, 0.3) is 0 Å². The Bertz CT molecular complexity index is 866. The summed E-state index contributed by atoms with van der Waals surface area (Å²) < 4.78 is 7.82. The lowest BCUT2D eigenvalue weighted by Crippen LogP contribution is -2.01. The van der Waals surface area contributed by atoms with Crippen molar-refractivity contribution in [3.8, 4) is 0 Å². The van der Waals surface area contributed by atoms with Gasteiger partial charge in [0.15, 0.2) is 6.10 Å². The maximum absolute atomic E-state index is 12.0. The predicted molar refractivity (Wildman–Crippen MR) is 83.7 cm³/mol. The minimum atomic E-state index is -0.410. The van der Waals surface area contributed by atoms with Gasteiger partial charge in [-0.15, -0.1) is 0 Å². The summed E-state index contributed by atoms with van der Waals surface area (Å²) in [6, 6.07) is 11.8. The molecule has 0 N–H and O–H groups in total. The van der Waals surface area contributed by atoms with Crippen LogP contribution >= 0.6 is 0 Å². The number of benzene rings is 1. The van der Waals surface area contributed by atoms with E-state index in [1.807, 2.05) is 12.1 Å². The fourth-order valence-corrected chi connectivity index (χ4v) is 3.15. The molecule has 1 unspecified atom stereocenters. The summed E-state index contributed by atoms with van der Waals surface area (Å²) in [6.45, 7) is 3.09. The Morgan fingerprint density at radius 2 is 2.09 bits per heavy atom. The molecular weight excluding hydrogens is 276 g/mol. The predicted octanol–water partition coefficient (Wildman–Crippen LogP) is 3.71. The lowest BCUT2D eigenvalue weighted by molar-refractivity contribution is 0.0454. The van der Waals surface area contributed by atoms with Crippen LogP contribution in [0.15, 0.2) is 48.8 Å². The maximum atomic E-state index is 12.0. The number of pyridine rings is 1. The topological polar surface area (TPSA) is 44.1 Å². The van der Waals surface area contributed by atoms with Crippen molar-refractivity contribution < 1.29 is 9.53 Å². The van der Waals surface area contributed by atoms with Crippen LogP contribution in [0, 0.1) is 0 Å². The SMILES string of the molecule is CCCn1cc(C2OC(=O)c3cccnc32)c2ccccc21. The first-order valence-corrected chi connectivity index (χ1v) is 7.53. The van der Waals surface area contributed by atoms with Crippen molar-refractivity contribution in [2.75, 3.05) is 0 Å². The van der Waals surface area contributed by atoms with E-state index in [1.54, 1.807) is 18.3 Å². The number of aryl methyl sites for hydroxylation is 1. The number of ether oxygens (including phenoxy) is 1. The zero-order valence-corrected chi connectivity index (χ0v) is 12.3. The van der Waals surface area contributed by atoms with Crippen molar-refractivity contribution in [3.63, 3.8) is 0 Å². The van der Waals surface area contributed by atoms with Gasteiger partial charge in [0.1, 0.15) is 5.69 Å². The molecule has 2 aromatic heterocycles. The number of hydrogen-bond acceptors (Lipinski definition) is 3. The molecule has 0 spiro atoms. The van der Waals surface area contributed by atoms with E-state index >= 15 is 0 Å². The summed E-state index contributed by atoms with van der Waals surface area (Å²) >= 11 is 0. The van der Waals surface area contributed by atoms with Gasteiger partial charge in [-0.2, -0.15) is 0 Å². The molecule has 1 aliphatic heterocycles. The quantitative estimate of drug-likeness (QED) is 0.691. The first kappa shape index (κ1) is 13.1. The van der Waals surface area contributed by atoms with Crippen LogP contribution in [0.2, 0.25) is 0 Å². The highest BCUT2D eigenvalue weighted by Gasteiger charge is 2.35. The Labute approximate surface area is 128 Å². The molecule has 1 atom stereocenters. The number of rotatable bonds is 3. The molecule has 4 rings (SSSR count). The van der Waals surface area contributed by atoms with E-state index in [9.17, 15) is 4.79 Å². The highest BCUT2D eigenvalue weighted by molar-refractivity contribution is 5.95. The lowest BCUT2D eigenvalue weighted by atomic mass is 10.0. The summed E-state index contributed by atoms with van der Waals surface area (Å²) in [5, 5.41) is 1.12. The standard InChI is InChI=1S/C18H16N2O2/c1-2-10-20-11-14(12-6-3-4-8-15(12)20)17-16-13(18(21)22-17)7-5-9-19-16/h3-9,11,17H,2,10H2,1H3. The Kier molecular flexibility index (Phi) is 2.96. The third kappa shape index (κ3) is 1.84. The molecule has 0 saturated heterocycles. The van der Waals surface area contributed by atoms with Crippen molar-refractivity contribution >= 4 is 16.9 Å². The van der Waals surface area contributed by atoms with E-state index in [0.29, 0.717) is 11.3 Å². The molecule has 4 heteroatoms. The minimum absolute atomic E-state index is 0.291. The lowest BCUT2D eigenvalue weighted by Gasteiger charge is -2.08. The van der Waals surface area contributed by atoms with Gasteiger partial charge in [-0.3, -0.25) is 4.98 Å². The Morgan fingerprint density at radius 3 is 2.95 bits per heavy atom. The fourth-order valence-electron chi connectivity index (χ4n) is 3.15. The number of aromatic nitrogens is 2. The molecule has 0 bridgehead atoms. The number of hydrogen-bond donors (Lipinski definition) is 0. The Balaban J connectivity index is 1.91. The maximum Gasteiger partial charge on any atom is 0.341 e. The van der Waals surface area contributed by atoms with Crippen LogP contribution in [0.5, 0.6) is 0 Å². The van der Waals surface area contributed by atoms with Crippen LogP contribution in [0.3, 0.4) is 0 Å². The summed E-state index contributed by atoms with van der Waals surface area (Å²) in [5.41, 5.74) is 3.46. The molecule has 1 aromatic carbocycles.